The van der Waals surface area contributed by atoms with Crippen molar-refractivity contribution in [3.05, 3.63) is 35.9 Å². The maximum absolute atomic E-state index is 12.8. The number of benzene rings is 1. The predicted octanol–water partition coefficient (Wildman–Crippen LogP) is 4.19. The van der Waals surface area contributed by atoms with Gasteiger partial charge in [0.25, 0.3) is 0 Å². The van der Waals surface area contributed by atoms with E-state index in [1.165, 1.54) is 25.7 Å². The van der Waals surface area contributed by atoms with Crippen LogP contribution in [0.25, 0.3) is 0 Å². The molecule has 1 aromatic rings. The third-order valence-electron chi connectivity index (χ3n) is 6.42. The van der Waals surface area contributed by atoms with Gasteiger partial charge in [-0.05, 0) is 49.5 Å². The van der Waals surface area contributed by atoms with E-state index in [1.54, 1.807) is 0 Å². The van der Waals surface area contributed by atoms with Gasteiger partial charge >= 0.3 is 0 Å². The molecule has 1 aromatic carbocycles. The second kappa shape index (κ2) is 5.57. The van der Waals surface area contributed by atoms with Crippen LogP contribution in [0.3, 0.4) is 0 Å². The molecule has 2 heteroatoms. The molecule has 2 aliphatic carbocycles. The van der Waals surface area contributed by atoms with E-state index in [1.807, 2.05) is 30.3 Å². The van der Waals surface area contributed by atoms with E-state index in [9.17, 15) is 4.79 Å². The fraction of sp³-hybridized carbons (Fsp3) is 0.632. The third kappa shape index (κ3) is 2.44. The molecule has 0 radical (unpaired) electrons. The first-order valence-electron chi connectivity index (χ1n) is 8.40. The summed E-state index contributed by atoms with van der Waals surface area (Å²) in [5.41, 5.74) is 7.64. The smallest absolute Gasteiger partial charge is 0.165 e. The first-order chi connectivity index (χ1) is 10.1. The van der Waals surface area contributed by atoms with Crippen molar-refractivity contribution in [1.29, 1.82) is 0 Å². The molecule has 2 nitrogen and oxygen atoms in total. The van der Waals surface area contributed by atoms with Crippen molar-refractivity contribution in [3.63, 3.8) is 0 Å². The van der Waals surface area contributed by atoms with Crippen LogP contribution in [0, 0.1) is 16.7 Å². The molecule has 0 aromatic heterocycles. The first-order valence-corrected chi connectivity index (χ1v) is 8.40. The Morgan fingerprint density at radius 2 is 1.90 bits per heavy atom. The predicted molar refractivity (Wildman–Crippen MR) is 86.2 cm³/mol. The first kappa shape index (κ1) is 14.8. The van der Waals surface area contributed by atoms with Crippen LogP contribution in [-0.4, -0.2) is 12.3 Å². The summed E-state index contributed by atoms with van der Waals surface area (Å²) in [7, 11) is 0. The Labute approximate surface area is 128 Å². The Hall–Kier alpha value is -1.15. The van der Waals surface area contributed by atoms with Gasteiger partial charge in [-0.1, -0.05) is 50.1 Å². The second-order valence-electron chi connectivity index (χ2n) is 7.42. The molecule has 21 heavy (non-hydrogen) atoms. The molecule has 2 saturated carbocycles. The van der Waals surface area contributed by atoms with Gasteiger partial charge in [-0.15, -0.1) is 0 Å². The Kier molecular flexibility index (Phi) is 3.92. The average Bonchev–Trinajstić information content (AvgIpc) is 2.54. The minimum absolute atomic E-state index is 0.169. The lowest BCUT2D eigenvalue weighted by atomic mass is 9.48. The summed E-state index contributed by atoms with van der Waals surface area (Å²) in [6.07, 6.45) is 8.29. The highest BCUT2D eigenvalue weighted by Crippen LogP contribution is 2.59. The summed E-state index contributed by atoms with van der Waals surface area (Å²) in [6.45, 7) is 3.16. The topological polar surface area (TPSA) is 43.1 Å². The SMILES string of the molecule is C[C@@]12CCCC[C@]1(CN)C[C@@H](C(=O)c1ccccc1)CC2. The number of rotatable bonds is 3. The van der Waals surface area contributed by atoms with Gasteiger partial charge < -0.3 is 5.73 Å². The lowest BCUT2D eigenvalue weighted by Gasteiger charge is -2.56. The largest absolute Gasteiger partial charge is 0.330 e. The van der Waals surface area contributed by atoms with Crippen LogP contribution in [0.5, 0.6) is 0 Å². The zero-order valence-corrected chi connectivity index (χ0v) is 13.1. The van der Waals surface area contributed by atoms with Gasteiger partial charge in [-0.3, -0.25) is 4.79 Å². The molecule has 114 valence electrons. The van der Waals surface area contributed by atoms with Gasteiger partial charge in [0, 0.05) is 11.5 Å². The van der Waals surface area contributed by atoms with E-state index in [0.29, 0.717) is 11.2 Å². The van der Waals surface area contributed by atoms with Crippen molar-refractivity contribution in [2.75, 3.05) is 6.54 Å². The zero-order chi connectivity index (χ0) is 14.9. The fourth-order valence-electron chi connectivity index (χ4n) is 4.84. The van der Waals surface area contributed by atoms with Gasteiger partial charge in [0.2, 0.25) is 0 Å². The van der Waals surface area contributed by atoms with Gasteiger partial charge in [-0.25, -0.2) is 0 Å². The summed E-state index contributed by atoms with van der Waals surface area (Å²) in [4.78, 5) is 12.8. The maximum Gasteiger partial charge on any atom is 0.165 e. The molecular formula is C19H27NO. The van der Waals surface area contributed by atoms with E-state index >= 15 is 0 Å². The molecule has 3 rings (SSSR count). The number of nitrogens with two attached hydrogens (primary N) is 1. The Morgan fingerprint density at radius 1 is 1.19 bits per heavy atom. The highest BCUT2D eigenvalue weighted by Gasteiger charge is 2.52. The molecule has 0 heterocycles. The monoisotopic (exact) mass is 285 g/mol. The van der Waals surface area contributed by atoms with E-state index in [4.69, 9.17) is 5.73 Å². The Bertz CT molecular complexity index is 512. The van der Waals surface area contributed by atoms with Crippen LogP contribution in [0.1, 0.15) is 62.2 Å². The molecule has 0 spiro atoms. The van der Waals surface area contributed by atoms with Crippen LogP contribution in [0.2, 0.25) is 0 Å². The third-order valence-corrected chi connectivity index (χ3v) is 6.42. The van der Waals surface area contributed by atoms with Crippen molar-refractivity contribution in [2.24, 2.45) is 22.5 Å². The second-order valence-corrected chi connectivity index (χ2v) is 7.42. The molecule has 0 aliphatic heterocycles. The average molecular weight is 285 g/mol. The van der Waals surface area contributed by atoms with Crippen molar-refractivity contribution in [1.82, 2.24) is 0 Å². The molecule has 2 N–H and O–H groups in total. The van der Waals surface area contributed by atoms with Gasteiger partial charge in [0.05, 0.1) is 0 Å². The molecule has 3 atom stereocenters. The van der Waals surface area contributed by atoms with Crippen LogP contribution >= 0.6 is 0 Å². The molecule has 0 amide bonds. The highest BCUT2D eigenvalue weighted by molar-refractivity contribution is 5.97. The van der Waals surface area contributed by atoms with E-state index in [2.05, 4.69) is 6.92 Å². The van der Waals surface area contributed by atoms with Gasteiger partial charge in [-0.2, -0.15) is 0 Å². The minimum atomic E-state index is 0.169. The van der Waals surface area contributed by atoms with Gasteiger partial charge in [0.15, 0.2) is 5.78 Å². The summed E-state index contributed by atoms with van der Waals surface area (Å²) in [6, 6.07) is 9.79. The van der Waals surface area contributed by atoms with Crippen molar-refractivity contribution < 1.29 is 4.79 Å². The molecule has 2 aliphatic rings. The van der Waals surface area contributed by atoms with Crippen molar-refractivity contribution in [2.45, 2.75) is 51.9 Å². The van der Waals surface area contributed by atoms with E-state index < -0.39 is 0 Å². The lowest BCUT2D eigenvalue weighted by Crippen LogP contribution is -2.52. The molecule has 0 unspecified atom stereocenters. The fourth-order valence-corrected chi connectivity index (χ4v) is 4.84. The summed E-state index contributed by atoms with van der Waals surface area (Å²) < 4.78 is 0. The summed E-state index contributed by atoms with van der Waals surface area (Å²) >= 11 is 0. The summed E-state index contributed by atoms with van der Waals surface area (Å²) in [5, 5.41) is 0. The van der Waals surface area contributed by atoms with Gasteiger partial charge in [0.1, 0.15) is 0 Å². The molecule has 2 fully saturated rings. The highest BCUT2D eigenvalue weighted by atomic mass is 16.1. The number of carbonyl (C=O) groups excluding carboxylic acids is 1. The maximum atomic E-state index is 12.8. The number of fused-ring (bicyclic) bond motifs is 1. The van der Waals surface area contributed by atoms with E-state index in [-0.39, 0.29) is 11.3 Å². The lowest BCUT2D eigenvalue weighted by molar-refractivity contribution is -0.0499. The van der Waals surface area contributed by atoms with Crippen molar-refractivity contribution in [3.8, 4) is 0 Å². The van der Waals surface area contributed by atoms with Crippen LogP contribution in [0.15, 0.2) is 30.3 Å². The number of Topliss-reactive ketones (excluding diaryl/α,β-unsaturated/α-hetero) is 1. The van der Waals surface area contributed by atoms with E-state index in [0.717, 1.165) is 31.4 Å². The Morgan fingerprint density at radius 3 is 2.62 bits per heavy atom. The number of ketones is 1. The minimum Gasteiger partial charge on any atom is -0.330 e. The van der Waals surface area contributed by atoms with Crippen molar-refractivity contribution >= 4 is 5.78 Å². The molecule has 0 saturated heterocycles. The molecular weight excluding hydrogens is 258 g/mol. The zero-order valence-electron chi connectivity index (χ0n) is 13.1. The Balaban J connectivity index is 1.83. The molecule has 0 bridgehead atoms. The quantitative estimate of drug-likeness (QED) is 0.846. The van der Waals surface area contributed by atoms with Crippen LogP contribution in [-0.2, 0) is 0 Å². The summed E-state index contributed by atoms with van der Waals surface area (Å²) in [5.74, 6) is 0.498. The standard InChI is InChI=1S/C19H27NO/c1-18-10-5-6-11-19(18,14-20)13-16(9-12-18)17(21)15-7-3-2-4-8-15/h2-4,7-8,16H,5-6,9-14,20H2,1H3/t16-,18-,19+/m0/s1. The number of hydrogen-bond acceptors (Lipinski definition) is 2. The normalized spacial score (nSPS) is 36.0. The van der Waals surface area contributed by atoms with Crippen LogP contribution < -0.4 is 5.73 Å². The number of carbonyl (C=O) groups is 1. The number of hydrogen-bond donors (Lipinski definition) is 1. The van der Waals surface area contributed by atoms with Crippen LogP contribution in [0.4, 0.5) is 0 Å².